The van der Waals surface area contributed by atoms with Gasteiger partial charge < -0.3 is 9.84 Å². The summed E-state index contributed by atoms with van der Waals surface area (Å²) in [4.78, 5) is 10.9. The standard InChI is InChI=1S/C9H14O3/c10-8(11)7-3-1-6-12-9(7)4-2-5-9/h7H,1-6H2,(H,10,11). The van der Waals surface area contributed by atoms with E-state index in [-0.39, 0.29) is 11.5 Å². The Bertz CT molecular complexity index is 196. The summed E-state index contributed by atoms with van der Waals surface area (Å²) in [5.74, 6) is -0.908. The van der Waals surface area contributed by atoms with Crippen molar-refractivity contribution in [3.63, 3.8) is 0 Å². The molecule has 0 aromatic rings. The van der Waals surface area contributed by atoms with Crippen molar-refractivity contribution in [2.24, 2.45) is 5.92 Å². The molecule has 2 fully saturated rings. The first-order valence-electron chi connectivity index (χ1n) is 4.61. The summed E-state index contributed by atoms with van der Waals surface area (Å²) in [6.45, 7) is 0.754. The summed E-state index contributed by atoms with van der Waals surface area (Å²) in [6.07, 6.45) is 4.73. The van der Waals surface area contributed by atoms with Crippen LogP contribution in [-0.4, -0.2) is 23.3 Å². The van der Waals surface area contributed by atoms with Crippen molar-refractivity contribution < 1.29 is 14.6 Å². The third-order valence-corrected chi connectivity index (χ3v) is 3.16. The van der Waals surface area contributed by atoms with Crippen molar-refractivity contribution in [1.82, 2.24) is 0 Å². The van der Waals surface area contributed by atoms with E-state index < -0.39 is 5.97 Å². The van der Waals surface area contributed by atoms with Gasteiger partial charge in [0.25, 0.3) is 0 Å². The molecule has 2 aliphatic rings. The van der Waals surface area contributed by atoms with Gasteiger partial charge in [-0.1, -0.05) is 0 Å². The van der Waals surface area contributed by atoms with Gasteiger partial charge in [-0.2, -0.15) is 0 Å². The summed E-state index contributed by atoms with van der Waals surface area (Å²) in [6, 6.07) is 0. The minimum atomic E-state index is -0.672. The van der Waals surface area contributed by atoms with E-state index in [1.54, 1.807) is 0 Å². The molecule has 1 N–H and O–H groups in total. The van der Waals surface area contributed by atoms with E-state index in [1.165, 1.54) is 0 Å². The van der Waals surface area contributed by atoms with E-state index in [9.17, 15) is 4.79 Å². The second-order valence-electron chi connectivity index (χ2n) is 3.80. The van der Waals surface area contributed by atoms with Crippen LogP contribution in [0.1, 0.15) is 32.1 Å². The zero-order chi connectivity index (χ0) is 8.60. The molecule has 3 heteroatoms. The maximum Gasteiger partial charge on any atom is 0.309 e. The van der Waals surface area contributed by atoms with Crippen molar-refractivity contribution in [3.05, 3.63) is 0 Å². The fraction of sp³-hybridized carbons (Fsp3) is 0.889. The molecule has 1 saturated heterocycles. The number of hydrogen-bond acceptors (Lipinski definition) is 2. The molecule has 12 heavy (non-hydrogen) atoms. The lowest BCUT2D eigenvalue weighted by Crippen LogP contribution is -2.52. The van der Waals surface area contributed by atoms with Gasteiger partial charge in [0.1, 0.15) is 0 Å². The fourth-order valence-corrected chi connectivity index (χ4v) is 2.29. The number of hydrogen-bond donors (Lipinski definition) is 1. The highest BCUT2D eigenvalue weighted by molar-refractivity contribution is 5.72. The van der Waals surface area contributed by atoms with Crippen molar-refractivity contribution in [2.75, 3.05) is 6.61 Å². The number of carboxylic acid groups (broad SMARTS) is 1. The van der Waals surface area contributed by atoms with E-state index >= 15 is 0 Å². The fourth-order valence-electron chi connectivity index (χ4n) is 2.29. The predicted octanol–water partition coefficient (Wildman–Crippen LogP) is 1.42. The van der Waals surface area contributed by atoms with Crippen LogP contribution in [0.2, 0.25) is 0 Å². The quantitative estimate of drug-likeness (QED) is 0.647. The Labute approximate surface area is 71.7 Å². The summed E-state index contributed by atoms with van der Waals surface area (Å²) in [5, 5.41) is 8.96. The molecule has 2 rings (SSSR count). The predicted molar refractivity (Wildman–Crippen MR) is 42.9 cm³/mol. The second-order valence-corrected chi connectivity index (χ2v) is 3.80. The van der Waals surface area contributed by atoms with E-state index in [4.69, 9.17) is 9.84 Å². The first kappa shape index (κ1) is 8.05. The maximum atomic E-state index is 10.9. The summed E-state index contributed by atoms with van der Waals surface area (Å²) >= 11 is 0. The molecule has 1 spiro atoms. The average Bonchev–Trinajstić information content (AvgIpc) is 2.01. The summed E-state index contributed by atoms with van der Waals surface area (Å²) in [5.41, 5.74) is -0.260. The molecule has 0 bridgehead atoms. The molecular weight excluding hydrogens is 156 g/mol. The van der Waals surface area contributed by atoms with Gasteiger partial charge >= 0.3 is 5.97 Å². The number of carboxylic acids is 1. The van der Waals surface area contributed by atoms with E-state index in [0.29, 0.717) is 0 Å². The van der Waals surface area contributed by atoms with Gasteiger partial charge in [-0.25, -0.2) is 0 Å². The first-order valence-corrected chi connectivity index (χ1v) is 4.61. The normalized spacial score (nSPS) is 32.8. The number of carbonyl (C=O) groups is 1. The maximum absolute atomic E-state index is 10.9. The first-order chi connectivity index (χ1) is 5.75. The lowest BCUT2D eigenvalue weighted by atomic mass is 9.68. The molecule has 68 valence electrons. The van der Waals surface area contributed by atoms with Crippen LogP contribution in [0.3, 0.4) is 0 Å². The average molecular weight is 170 g/mol. The molecule has 0 radical (unpaired) electrons. The molecule has 0 aromatic heterocycles. The van der Waals surface area contributed by atoms with Crippen molar-refractivity contribution in [1.29, 1.82) is 0 Å². The van der Waals surface area contributed by atoms with Crippen molar-refractivity contribution >= 4 is 5.97 Å². The van der Waals surface area contributed by atoms with Gasteiger partial charge in [-0.15, -0.1) is 0 Å². The minimum absolute atomic E-state index is 0.236. The molecule has 1 atom stereocenters. The third-order valence-electron chi connectivity index (χ3n) is 3.16. The van der Waals surface area contributed by atoms with Crippen LogP contribution in [0.4, 0.5) is 0 Å². The zero-order valence-electron chi connectivity index (χ0n) is 7.08. The highest BCUT2D eigenvalue weighted by Gasteiger charge is 2.50. The Balaban J connectivity index is 2.11. The molecular formula is C9H14O3. The SMILES string of the molecule is O=C(O)C1CCCOC12CCC2. The highest BCUT2D eigenvalue weighted by Crippen LogP contribution is 2.46. The third kappa shape index (κ3) is 1.04. The number of ether oxygens (including phenoxy) is 1. The van der Waals surface area contributed by atoms with Crippen LogP contribution in [0.25, 0.3) is 0 Å². The lowest BCUT2D eigenvalue weighted by molar-refractivity contribution is -0.187. The lowest BCUT2D eigenvalue weighted by Gasteiger charge is -2.48. The topological polar surface area (TPSA) is 46.5 Å². The smallest absolute Gasteiger partial charge is 0.309 e. The molecule has 0 amide bonds. The molecule has 1 heterocycles. The van der Waals surface area contributed by atoms with Gasteiger partial charge in [-0.05, 0) is 32.1 Å². The van der Waals surface area contributed by atoms with E-state index in [2.05, 4.69) is 0 Å². The van der Waals surface area contributed by atoms with Gasteiger partial charge in [-0.3, -0.25) is 4.79 Å². The van der Waals surface area contributed by atoms with Crippen LogP contribution in [-0.2, 0) is 9.53 Å². The summed E-state index contributed by atoms with van der Waals surface area (Å²) < 4.78 is 5.59. The van der Waals surface area contributed by atoms with Crippen LogP contribution in [0.15, 0.2) is 0 Å². The van der Waals surface area contributed by atoms with E-state index in [0.717, 1.165) is 38.7 Å². The van der Waals surface area contributed by atoms with Gasteiger partial charge in [0.15, 0.2) is 0 Å². The van der Waals surface area contributed by atoms with Crippen LogP contribution < -0.4 is 0 Å². The molecule has 0 aromatic carbocycles. The minimum Gasteiger partial charge on any atom is -0.481 e. The largest absolute Gasteiger partial charge is 0.481 e. The summed E-state index contributed by atoms with van der Waals surface area (Å²) in [7, 11) is 0. The molecule has 1 aliphatic heterocycles. The molecule has 1 saturated carbocycles. The Morgan fingerprint density at radius 2 is 2.17 bits per heavy atom. The van der Waals surface area contributed by atoms with Gasteiger partial charge in [0.05, 0.1) is 11.5 Å². The highest BCUT2D eigenvalue weighted by atomic mass is 16.5. The Hall–Kier alpha value is -0.570. The van der Waals surface area contributed by atoms with Gasteiger partial charge in [0, 0.05) is 6.61 Å². The van der Waals surface area contributed by atoms with E-state index in [1.807, 2.05) is 0 Å². The second kappa shape index (κ2) is 2.73. The molecule has 3 nitrogen and oxygen atoms in total. The van der Waals surface area contributed by atoms with Crippen molar-refractivity contribution in [3.8, 4) is 0 Å². The Kier molecular flexibility index (Phi) is 1.83. The van der Waals surface area contributed by atoms with Crippen LogP contribution >= 0.6 is 0 Å². The number of rotatable bonds is 1. The monoisotopic (exact) mass is 170 g/mol. The van der Waals surface area contributed by atoms with Gasteiger partial charge in [0.2, 0.25) is 0 Å². The zero-order valence-corrected chi connectivity index (χ0v) is 7.08. The van der Waals surface area contributed by atoms with Crippen LogP contribution in [0, 0.1) is 5.92 Å². The number of aliphatic carboxylic acids is 1. The molecule has 1 unspecified atom stereocenters. The molecule has 1 aliphatic carbocycles. The van der Waals surface area contributed by atoms with Crippen molar-refractivity contribution in [2.45, 2.75) is 37.7 Å². The Morgan fingerprint density at radius 1 is 1.42 bits per heavy atom. The Morgan fingerprint density at radius 3 is 2.58 bits per heavy atom. The van der Waals surface area contributed by atoms with Crippen LogP contribution in [0.5, 0.6) is 0 Å².